The van der Waals surface area contributed by atoms with Crippen LogP contribution in [0.3, 0.4) is 0 Å². The topological polar surface area (TPSA) is 84.6 Å². The first kappa shape index (κ1) is 22.9. The molecule has 1 aromatic carbocycles. The van der Waals surface area contributed by atoms with Crippen molar-refractivity contribution in [3.05, 3.63) is 35.2 Å². The summed E-state index contributed by atoms with van der Waals surface area (Å²) < 4.78 is 10.9. The highest BCUT2D eigenvalue weighted by Crippen LogP contribution is 2.28. The highest BCUT2D eigenvalue weighted by atomic mass is 127. The molecule has 0 aliphatic heterocycles. The van der Waals surface area contributed by atoms with E-state index in [0.717, 1.165) is 43.6 Å². The van der Waals surface area contributed by atoms with Crippen molar-refractivity contribution in [1.82, 2.24) is 20.8 Å². The smallest absolute Gasteiger partial charge is 0.228 e. The number of hydrogen-bond donors (Lipinski definition) is 2. The number of rotatable bonds is 10. The maximum atomic E-state index is 6.00. The Balaban J connectivity index is 0.00000280. The second kappa shape index (κ2) is 12.2. The van der Waals surface area contributed by atoms with Crippen molar-refractivity contribution in [1.29, 1.82) is 0 Å². The molecule has 0 amide bonds. The lowest BCUT2D eigenvalue weighted by Gasteiger charge is -2.11. The highest BCUT2D eigenvalue weighted by molar-refractivity contribution is 14.0. The van der Waals surface area contributed by atoms with Crippen LogP contribution in [0, 0.1) is 5.92 Å². The average Bonchev–Trinajstić information content (AvgIpc) is 3.38. The maximum absolute atomic E-state index is 6.00. The molecule has 28 heavy (non-hydrogen) atoms. The number of hydrogen-bond acceptors (Lipinski definition) is 5. The summed E-state index contributed by atoms with van der Waals surface area (Å²) in [4.78, 5) is 8.62. The van der Waals surface area contributed by atoms with Crippen LogP contribution < -0.4 is 10.6 Å². The molecular weight excluding hydrogens is 493 g/mol. The van der Waals surface area contributed by atoms with Crippen LogP contribution in [0.5, 0.6) is 0 Å². The Morgan fingerprint density at radius 2 is 2.14 bits per heavy atom. The molecule has 2 aromatic rings. The third-order valence-electron chi connectivity index (χ3n) is 4.21. The van der Waals surface area contributed by atoms with E-state index in [1.807, 2.05) is 24.3 Å². The molecule has 1 aromatic heterocycles. The first-order chi connectivity index (χ1) is 13.2. The van der Waals surface area contributed by atoms with Crippen molar-refractivity contribution in [3.8, 4) is 11.4 Å². The molecule has 0 unspecified atom stereocenters. The van der Waals surface area contributed by atoms with Crippen LogP contribution in [0.1, 0.15) is 25.2 Å². The highest BCUT2D eigenvalue weighted by Gasteiger charge is 2.20. The standard InChI is InChI=1S/C19H26ClN5O2.HI/c1-21-19(22-9-3-11-26-13-14-6-7-14)23-10-8-17-24-18(25-27-17)15-4-2-5-16(20)12-15;/h2,4-5,12,14H,3,6-11,13H2,1H3,(H2,21,22,23);1H. The Morgan fingerprint density at radius 1 is 1.32 bits per heavy atom. The van der Waals surface area contributed by atoms with E-state index in [4.69, 9.17) is 20.9 Å². The molecule has 3 rings (SSSR count). The predicted octanol–water partition coefficient (Wildman–Crippen LogP) is 3.53. The first-order valence-corrected chi connectivity index (χ1v) is 9.73. The Kier molecular flexibility index (Phi) is 10.0. The summed E-state index contributed by atoms with van der Waals surface area (Å²) in [5.74, 6) is 2.69. The van der Waals surface area contributed by atoms with Gasteiger partial charge in [-0.2, -0.15) is 4.98 Å². The van der Waals surface area contributed by atoms with E-state index in [0.29, 0.717) is 29.7 Å². The van der Waals surface area contributed by atoms with Crippen LogP contribution in [0.25, 0.3) is 11.4 Å². The summed E-state index contributed by atoms with van der Waals surface area (Å²) in [6, 6.07) is 7.39. The molecule has 1 fully saturated rings. The monoisotopic (exact) mass is 519 g/mol. The van der Waals surface area contributed by atoms with E-state index in [2.05, 4.69) is 25.8 Å². The molecular formula is C19H27ClIN5O2. The second-order valence-corrected chi connectivity index (χ2v) is 7.01. The number of nitrogens with zero attached hydrogens (tertiary/aromatic N) is 3. The number of aromatic nitrogens is 2. The fraction of sp³-hybridized carbons (Fsp3) is 0.526. The maximum Gasteiger partial charge on any atom is 0.228 e. The number of halogens is 2. The van der Waals surface area contributed by atoms with Crippen LogP contribution >= 0.6 is 35.6 Å². The molecule has 1 aliphatic carbocycles. The van der Waals surface area contributed by atoms with Gasteiger partial charge in [-0.05, 0) is 37.3 Å². The van der Waals surface area contributed by atoms with Crippen molar-refractivity contribution in [2.24, 2.45) is 10.9 Å². The van der Waals surface area contributed by atoms with Gasteiger partial charge in [0.1, 0.15) is 0 Å². The number of nitrogens with one attached hydrogen (secondary N) is 2. The van der Waals surface area contributed by atoms with E-state index >= 15 is 0 Å². The molecule has 7 nitrogen and oxygen atoms in total. The minimum absolute atomic E-state index is 0. The zero-order valence-electron chi connectivity index (χ0n) is 16.0. The molecule has 9 heteroatoms. The van der Waals surface area contributed by atoms with Gasteiger partial charge in [-0.1, -0.05) is 28.9 Å². The summed E-state index contributed by atoms with van der Waals surface area (Å²) in [6.45, 7) is 3.17. The van der Waals surface area contributed by atoms with Crippen LogP contribution in [0.4, 0.5) is 0 Å². The van der Waals surface area contributed by atoms with E-state index < -0.39 is 0 Å². The molecule has 0 spiro atoms. The first-order valence-electron chi connectivity index (χ1n) is 9.35. The molecule has 154 valence electrons. The predicted molar refractivity (Wildman–Crippen MR) is 121 cm³/mol. The van der Waals surface area contributed by atoms with Gasteiger partial charge in [0, 0.05) is 50.4 Å². The Labute approximate surface area is 187 Å². The van der Waals surface area contributed by atoms with Gasteiger partial charge in [0.2, 0.25) is 11.7 Å². The van der Waals surface area contributed by atoms with Gasteiger partial charge in [-0.3, -0.25) is 4.99 Å². The SMILES string of the molecule is CN=C(NCCCOCC1CC1)NCCc1nc(-c2cccc(Cl)c2)no1.I. The van der Waals surface area contributed by atoms with Crippen molar-refractivity contribution < 1.29 is 9.26 Å². The second-order valence-electron chi connectivity index (χ2n) is 6.57. The molecule has 1 aliphatic rings. The fourth-order valence-electron chi connectivity index (χ4n) is 2.53. The van der Waals surface area contributed by atoms with Gasteiger partial charge < -0.3 is 19.9 Å². The lowest BCUT2D eigenvalue weighted by molar-refractivity contribution is 0.123. The van der Waals surface area contributed by atoms with Crippen LogP contribution in [0.2, 0.25) is 5.02 Å². The molecule has 1 heterocycles. The molecule has 0 saturated heterocycles. The number of benzene rings is 1. The van der Waals surface area contributed by atoms with Gasteiger partial charge >= 0.3 is 0 Å². The third kappa shape index (κ3) is 7.92. The Bertz CT molecular complexity index is 751. The molecule has 1 saturated carbocycles. The van der Waals surface area contributed by atoms with Gasteiger partial charge in [0.25, 0.3) is 0 Å². The van der Waals surface area contributed by atoms with Gasteiger partial charge in [-0.15, -0.1) is 24.0 Å². The molecule has 0 bridgehead atoms. The third-order valence-corrected chi connectivity index (χ3v) is 4.45. The molecule has 2 N–H and O–H groups in total. The van der Waals surface area contributed by atoms with Crippen LogP contribution in [0.15, 0.2) is 33.8 Å². The Morgan fingerprint density at radius 3 is 2.89 bits per heavy atom. The minimum Gasteiger partial charge on any atom is -0.381 e. The van der Waals surface area contributed by atoms with Crippen molar-refractivity contribution in [3.63, 3.8) is 0 Å². The van der Waals surface area contributed by atoms with Gasteiger partial charge in [0.15, 0.2) is 5.96 Å². The van der Waals surface area contributed by atoms with E-state index in [1.54, 1.807) is 7.05 Å². The van der Waals surface area contributed by atoms with Crippen molar-refractivity contribution in [2.45, 2.75) is 25.7 Å². The van der Waals surface area contributed by atoms with Crippen LogP contribution in [-0.2, 0) is 11.2 Å². The normalized spacial score (nSPS) is 13.9. The summed E-state index contributed by atoms with van der Waals surface area (Å²) in [7, 11) is 1.75. The Hall–Kier alpha value is -1.39. The molecule has 0 atom stereocenters. The lowest BCUT2D eigenvalue weighted by Crippen LogP contribution is -2.39. The molecule has 0 radical (unpaired) electrons. The summed E-state index contributed by atoms with van der Waals surface area (Å²) in [5.41, 5.74) is 0.840. The zero-order valence-corrected chi connectivity index (χ0v) is 19.1. The number of ether oxygens (including phenoxy) is 1. The van der Waals surface area contributed by atoms with Gasteiger partial charge in [0.05, 0.1) is 0 Å². The summed E-state index contributed by atoms with van der Waals surface area (Å²) in [5, 5.41) is 11.2. The number of aliphatic imine (C=N–C) groups is 1. The fourth-order valence-corrected chi connectivity index (χ4v) is 2.72. The quantitative estimate of drug-likeness (QED) is 0.216. The van der Waals surface area contributed by atoms with Crippen LogP contribution in [-0.4, -0.2) is 49.5 Å². The largest absolute Gasteiger partial charge is 0.381 e. The van der Waals surface area contributed by atoms with Gasteiger partial charge in [-0.25, -0.2) is 0 Å². The van der Waals surface area contributed by atoms with E-state index in [1.165, 1.54) is 12.8 Å². The van der Waals surface area contributed by atoms with Crippen molar-refractivity contribution in [2.75, 3.05) is 33.4 Å². The zero-order chi connectivity index (χ0) is 18.9. The summed E-state index contributed by atoms with van der Waals surface area (Å²) in [6.07, 6.45) is 4.23. The van der Waals surface area contributed by atoms with Crippen molar-refractivity contribution >= 4 is 41.5 Å². The minimum atomic E-state index is 0. The number of guanidine groups is 1. The van der Waals surface area contributed by atoms with E-state index in [-0.39, 0.29) is 24.0 Å². The average molecular weight is 520 g/mol. The summed E-state index contributed by atoms with van der Waals surface area (Å²) >= 11 is 6.00. The van der Waals surface area contributed by atoms with E-state index in [9.17, 15) is 0 Å². The lowest BCUT2D eigenvalue weighted by atomic mass is 10.2.